The van der Waals surface area contributed by atoms with Crippen LogP contribution in [0.1, 0.15) is 0 Å². The molecule has 0 aromatic heterocycles. The van der Waals surface area contributed by atoms with Gasteiger partial charge in [0.05, 0.1) is 0 Å². The van der Waals surface area contributed by atoms with Gasteiger partial charge in [0.15, 0.2) is 0 Å². The molecule has 2 heteroatoms. The summed E-state index contributed by atoms with van der Waals surface area (Å²) < 4.78 is 13.9. The first kappa shape index (κ1) is 9.41. The summed E-state index contributed by atoms with van der Waals surface area (Å²) in [4.78, 5) is 0. The maximum atomic E-state index is 12.9. The third kappa shape index (κ3) is 1.85. The highest BCUT2D eigenvalue weighted by Gasteiger charge is 2.02. The summed E-state index contributed by atoms with van der Waals surface area (Å²) >= 11 is 3.42. The molecule has 0 nitrogen and oxygen atoms in total. The van der Waals surface area contributed by atoms with Crippen LogP contribution in [0.15, 0.2) is 46.9 Å². The summed E-state index contributed by atoms with van der Waals surface area (Å²) in [6, 6.07) is 15.1. The standard InChI is InChI=1S/C12H7BrF/c13-12-7-2-1-6-11(12)9-4-3-5-10(14)8-9/h1-3,5-8H. The second-order valence-corrected chi connectivity index (χ2v) is 3.75. The van der Waals surface area contributed by atoms with Gasteiger partial charge >= 0.3 is 0 Å². The number of halogens is 2. The molecule has 14 heavy (non-hydrogen) atoms. The minimum atomic E-state index is -0.241. The van der Waals surface area contributed by atoms with E-state index in [1.165, 1.54) is 12.1 Å². The van der Waals surface area contributed by atoms with E-state index in [9.17, 15) is 4.39 Å². The van der Waals surface area contributed by atoms with Gasteiger partial charge in [-0.3, -0.25) is 0 Å². The topological polar surface area (TPSA) is 0 Å². The second-order valence-electron chi connectivity index (χ2n) is 2.90. The van der Waals surface area contributed by atoms with Crippen molar-refractivity contribution in [3.8, 4) is 11.1 Å². The number of hydrogen-bond acceptors (Lipinski definition) is 0. The Morgan fingerprint density at radius 2 is 1.93 bits per heavy atom. The van der Waals surface area contributed by atoms with Crippen molar-refractivity contribution in [1.82, 2.24) is 0 Å². The molecule has 2 aromatic carbocycles. The van der Waals surface area contributed by atoms with Crippen LogP contribution in [0.5, 0.6) is 0 Å². The molecule has 0 bridgehead atoms. The molecule has 0 saturated heterocycles. The van der Waals surface area contributed by atoms with E-state index >= 15 is 0 Å². The SMILES string of the molecule is Fc1cc[c]c(-c2ccccc2Br)c1. The molecule has 2 aromatic rings. The number of rotatable bonds is 1. The van der Waals surface area contributed by atoms with E-state index in [4.69, 9.17) is 0 Å². The average molecular weight is 250 g/mol. The lowest BCUT2D eigenvalue weighted by molar-refractivity contribution is 0.628. The van der Waals surface area contributed by atoms with Crippen LogP contribution in [0.4, 0.5) is 4.39 Å². The van der Waals surface area contributed by atoms with Crippen molar-refractivity contribution in [3.05, 3.63) is 58.8 Å². The zero-order valence-corrected chi connectivity index (χ0v) is 8.88. The first-order valence-corrected chi connectivity index (χ1v) is 4.99. The Morgan fingerprint density at radius 3 is 2.64 bits per heavy atom. The zero-order chi connectivity index (χ0) is 9.97. The van der Waals surface area contributed by atoms with Gasteiger partial charge in [0, 0.05) is 4.47 Å². The molecule has 0 fully saturated rings. The van der Waals surface area contributed by atoms with Crippen molar-refractivity contribution < 1.29 is 4.39 Å². The Kier molecular flexibility index (Phi) is 2.64. The fraction of sp³-hybridized carbons (Fsp3) is 0. The van der Waals surface area contributed by atoms with Crippen LogP contribution < -0.4 is 0 Å². The predicted molar refractivity (Wildman–Crippen MR) is 58.4 cm³/mol. The van der Waals surface area contributed by atoms with Crippen LogP contribution in [0.25, 0.3) is 11.1 Å². The summed E-state index contributed by atoms with van der Waals surface area (Å²) in [6.45, 7) is 0. The molecule has 0 aliphatic carbocycles. The predicted octanol–water partition coefficient (Wildman–Crippen LogP) is 4.06. The zero-order valence-electron chi connectivity index (χ0n) is 7.30. The molecule has 0 atom stereocenters. The molecule has 0 aliphatic heterocycles. The van der Waals surface area contributed by atoms with Gasteiger partial charge in [-0.1, -0.05) is 40.2 Å². The van der Waals surface area contributed by atoms with Gasteiger partial charge in [0.2, 0.25) is 0 Å². The highest BCUT2D eigenvalue weighted by molar-refractivity contribution is 9.10. The number of benzene rings is 2. The molecular weight excluding hydrogens is 243 g/mol. The minimum Gasteiger partial charge on any atom is -0.207 e. The van der Waals surface area contributed by atoms with Crippen LogP contribution in [0.3, 0.4) is 0 Å². The van der Waals surface area contributed by atoms with Crippen molar-refractivity contribution in [2.45, 2.75) is 0 Å². The summed E-state index contributed by atoms with van der Waals surface area (Å²) in [5.41, 5.74) is 1.71. The first-order valence-electron chi connectivity index (χ1n) is 4.19. The fourth-order valence-corrected chi connectivity index (χ4v) is 1.77. The van der Waals surface area contributed by atoms with E-state index in [1.807, 2.05) is 24.3 Å². The monoisotopic (exact) mass is 249 g/mol. The second kappa shape index (κ2) is 3.93. The van der Waals surface area contributed by atoms with Gasteiger partial charge in [-0.05, 0) is 35.4 Å². The maximum absolute atomic E-state index is 12.9. The van der Waals surface area contributed by atoms with E-state index in [1.54, 1.807) is 6.07 Å². The molecule has 0 unspecified atom stereocenters. The van der Waals surface area contributed by atoms with Crippen LogP contribution in [0, 0.1) is 11.9 Å². The van der Waals surface area contributed by atoms with Gasteiger partial charge in [-0.2, -0.15) is 0 Å². The first-order chi connectivity index (χ1) is 6.77. The van der Waals surface area contributed by atoms with Crippen molar-refractivity contribution in [2.75, 3.05) is 0 Å². The molecular formula is C12H7BrF. The normalized spacial score (nSPS) is 10.1. The van der Waals surface area contributed by atoms with Gasteiger partial charge in [-0.15, -0.1) is 0 Å². The van der Waals surface area contributed by atoms with Crippen LogP contribution in [-0.2, 0) is 0 Å². The molecule has 2 rings (SSSR count). The third-order valence-electron chi connectivity index (χ3n) is 1.93. The van der Waals surface area contributed by atoms with Crippen LogP contribution in [-0.4, -0.2) is 0 Å². The van der Waals surface area contributed by atoms with Crippen molar-refractivity contribution in [1.29, 1.82) is 0 Å². The third-order valence-corrected chi connectivity index (χ3v) is 2.62. The molecule has 0 aliphatic rings. The molecule has 1 radical (unpaired) electrons. The molecule has 0 saturated carbocycles. The lowest BCUT2D eigenvalue weighted by Gasteiger charge is -2.03. The van der Waals surface area contributed by atoms with E-state index in [2.05, 4.69) is 22.0 Å². The van der Waals surface area contributed by atoms with Crippen molar-refractivity contribution in [3.63, 3.8) is 0 Å². The summed E-state index contributed by atoms with van der Waals surface area (Å²) in [7, 11) is 0. The number of hydrogen-bond donors (Lipinski definition) is 0. The van der Waals surface area contributed by atoms with E-state index in [0.29, 0.717) is 0 Å². The smallest absolute Gasteiger partial charge is 0.123 e. The minimum absolute atomic E-state index is 0.241. The molecule has 0 spiro atoms. The highest BCUT2D eigenvalue weighted by atomic mass is 79.9. The van der Waals surface area contributed by atoms with E-state index in [0.717, 1.165) is 15.6 Å². The summed E-state index contributed by atoms with van der Waals surface area (Å²) in [5, 5.41) is 0. The Hall–Kier alpha value is -1.15. The van der Waals surface area contributed by atoms with Gasteiger partial charge in [-0.25, -0.2) is 4.39 Å². The maximum Gasteiger partial charge on any atom is 0.123 e. The Balaban J connectivity index is 2.55. The van der Waals surface area contributed by atoms with Crippen molar-refractivity contribution >= 4 is 15.9 Å². The van der Waals surface area contributed by atoms with Crippen LogP contribution >= 0.6 is 15.9 Å². The molecule has 69 valence electrons. The highest BCUT2D eigenvalue weighted by Crippen LogP contribution is 2.27. The molecule has 0 heterocycles. The van der Waals surface area contributed by atoms with Crippen LogP contribution in [0.2, 0.25) is 0 Å². The summed E-state index contributed by atoms with van der Waals surface area (Å²) in [6.07, 6.45) is 0. The quantitative estimate of drug-likeness (QED) is 0.716. The lowest BCUT2D eigenvalue weighted by Crippen LogP contribution is -1.81. The summed E-state index contributed by atoms with van der Waals surface area (Å²) in [5.74, 6) is -0.241. The van der Waals surface area contributed by atoms with E-state index < -0.39 is 0 Å². The Bertz CT molecular complexity index is 452. The largest absolute Gasteiger partial charge is 0.207 e. The van der Waals surface area contributed by atoms with Gasteiger partial charge in [0.1, 0.15) is 5.82 Å². The Labute approximate surface area is 90.5 Å². The van der Waals surface area contributed by atoms with Gasteiger partial charge in [0.25, 0.3) is 0 Å². The Morgan fingerprint density at radius 1 is 1.14 bits per heavy atom. The molecule has 0 N–H and O–H groups in total. The van der Waals surface area contributed by atoms with E-state index in [-0.39, 0.29) is 5.82 Å². The lowest BCUT2D eigenvalue weighted by atomic mass is 10.1. The molecule has 0 amide bonds. The fourth-order valence-electron chi connectivity index (χ4n) is 1.27. The van der Waals surface area contributed by atoms with Crippen molar-refractivity contribution in [2.24, 2.45) is 0 Å². The van der Waals surface area contributed by atoms with Gasteiger partial charge < -0.3 is 0 Å². The average Bonchev–Trinajstić information content (AvgIpc) is 2.18.